The van der Waals surface area contributed by atoms with Gasteiger partial charge in [-0.2, -0.15) is 0 Å². The molecule has 0 amide bonds. The Morgan fingerprint density at radius 2 is 2.12 bits per heavy atom. The average Bonchev–Trinajstić information content (AvgIpc) is 2.77. The lowest BCUT2D eigenvalue weighted by atomic mass is 9.99. The van der Waals surface area contributed by atoms with E-state index in [0.717, 1.165) is 0 Å². The number of aromatic carboxylic acids is 1. The van der Waals surface area contributed by atoms with E-state index in [9.17, 15) is 14.7 Å². The fraction of sp³-hybridized carbons (Fsp3) is 0.318. The minimum Gasteiger partial charge on any atom is -0.487 e. The van der Waals surface area contributed by atoms with E-state index in [1.807, 2.05) is 26.0 Å². The molecular weight excluding hydrogens is 417 g/mol. The number of nitrogens with one attached hydrogen (secondary N) is 2. The molecule has 3 aromatic rings. The molecule has 1 atom stereocenters. The Labute approximate surface area is 183 Å². The summed E-state index contributed by atoms with van der Waals surface area (Å²) in [5, 5.41) is 15.4. The molecule has 168 valence electrons. The fourth-order valence-electron chi connectivity index (χ4n) is 3.90. The maximum absolute atomic E-state index is 15.3. The van der Waals surface area contributed by atoms with Crippen LogP contribution in [0.3, 0.4) is 0 Å². The van der Waals surface area contributed by atoms with Crippen LogP contribution in [0.15, 0.2) is 35.4 Å². The second-order valence-corrected chi connectivity index (χ2v) is 7.93. The van der Waals surface area contributed by atoms with Gasteiger partial charge in [0, 0.05) is 25.5 Å². The van der Waals surface area contributed by atoms with Gasteiger partial charge in [0.05, 0.1) is 22.6 Å². The number of nitrogens with zero attached hydrogens (tertiary/aromatic N) is 2. The summed E-state index contributed by atoms with van der Waals surface area (Å²) in [5.74, 6) is -1.34. The van der Waals surface area contributed by atoms with Crippen LogP contribution in [0, 0.1) is 11.7 Å². The van der Waals surface area contributed by atoms with Gasteiger partial charge in [-0.15, -0.1) is 0 Å². The second-order valence-electron chi connectivity index (χ2n) is 7.93. The van der Waals surface area contributed by atoms with Crippen molar-refractivity contribution in [3.63, 3.8) is 0 Å². The van der Waals surface area contributed by atoms with Crippen LogP contribution in [-0.4, -0.2) is 40.3 Å². The van der Waals surface area contributed by atoms with Crippen molar-refractivity contribution in [3.05, 3.63) is 52.2 Å². The first-order valence-electron chi connectivity index (χ1n) is 10.3. The van der Waals surface area contributed by atoms with Crippen molar-refractivity contribution >= 4 is 34.1 Å². The van der Waals surface area contributed by atoms with Crippen LogP contribution in [0.4, 0.5) is 21.6 Å². The standard InChI is InChI=1S/C22H24FN5O4/c1-11(2)13-10-32-21-18(27-8-7-26-14-5-3-4-6-25-14)16(23)17(24)15-19(21)28(13)9-12(20(15)29)22(30)31/h3-6,9,11,13,27H,7-8,10,24H2,1-2H3,(H,25,26)(H,30,31)/t13-/m1/s1. The number of halogens is 1. The summed E-state index contributed by atoms with van der Waals surface area (Å²) in [6.07, 6.45) is 2.96. The molecule has 4 rings (SSSR count). The number of nitrogens with two attached hydrogens (primary N) is 1. The van der Waals surface area contributed by atoms with Gasteiger partial charge in [-0.05, 0) is 18.1 Å². The third kappa shape index (κ3) is 3.57. The van der Waals surface area contributed by atoms with E-state index >= 15 is 4.39 Å². The van der Waals surface area contributed by atoms with E-state index in [1.165, 1.54) is 6.20 Å². The molecule has 9 nitrogen and oxygen atoms in total. The Kier molecular flexibility index (Phi) is 5.60. The number of hydrogen-bond acceptors (Lipinski definition) is 7. The molecule has 10 heteroatoms. The Morgan fingerprint density at radius 3 is 2.78 bits per heavy atom. The number of hydrogen-bond donors (Lipinski definition) is 4. The largest absolute Gasteiger partial charge is 0.487 e. The Balaban J connectivity index is 1.79. The Hall–Kier alpha value is -3.82. The number of pyridine rings is 2. The van der Waals surface area contributed by atoms with Gasteiger partial charge in [-0.25, -0.2) is 14.2 Å². The molecule has 0 unspecified atom stereocenters. The number of aromatic nitrogens is 2. The summed E-state index contributed by atoms with van der Waals surface area (Å²) >= 11 is 0. The van der Waals surface area contributed by atoms with Crippen molar-refractivity contribution in [2.24, 2.45) is 5.92 Å². The number of carbonyl (C=O) groups is 1. The Morgan fingerprint density at radius 1 is 1.38 bits per heavy atom. The van der Waals surface area contributed by atoms with Crippen LogP contribution in [-0.2, 0) is 0 Å². The van der Waals surface area contributed by atoms with Gasteiger partial charge in [0.25, 0.3) is 0 Å². The number of carboxylic acids is 1. The van der Waals surface area contributed by atoms with Crippen molar-refractivity contribution < 1.29 is 19.0 Å². The van der Waals surface area contributed by atoms with Crippen molar-refractivity contribution in [2.75, 3.05) is 36.1 Å². The molecule has 32 heavy (non-hydrogen) atoms. The van der Waals surface area contributed by atoms with Gasteiger partial charge < -0.3 is 30.8 Å². The predicted molar refractivity (Wildman–Crippen MR) is 120 cm³/mol. The number of anilines is 3. The monoisotopic (exact) mass is 441 g/mol. The fourth-order valence-corrected chi connectivity index (χ4v) is 3.90. The molecule has 0 saturated carbocycles. The summed E-state index contributed by atoms with van der Waals surface area (Å²) in [5.41, 5.74) is 4.66. The van der Waals surface area contributed by atoms with E-state index in [-0.39, 0.29) is 35.4 Å². The Bertz CT molecular complexity index is 1240. The molecule has 3 heterocycles. The van der Waals surface area contributed by atoms with Crippen LogP contribution in [0.25, 0.3) is 10.9 Å². The number of ether oxygens (including phenoxy) is 1. The van der Waals surface area contributed by atoms with E-state index in [0.29, 0.717) is 24.4 Å². The van der Waals surface area contributed by atoms with Crippen molar-refractivity contribution in [3.8, 4) is 5.75 Å². The molecule has 1 aliphatic rings. The quantitative estimate of drug-likeness (QED) is 0.325. The first-order chi connectivity index (χ1) is 15.3. The summed E-state index contributed by atoms with van der Waals surface area (Å²) < 4.78 is 22.8. The summed E-state index contributed by atoms with van der Waals surface area (Å²) in [4.78, 5) is 28.7. The molecule has 1 aliphatic heterocycles. The van der Waals surface area contributed by atoms with Crippen molar-refractivity contribution in [1.29, 1.82) is 0 Å². The number of benzene rings is 1. The minimum absolute atomic E-state index is 0.0382. The highest BCUT2D eigenvalue weighted by Gasteiger charge is 2.32. The molecule has 0 bridgehead atoms. The molecular formula is C22H24FN5O4. The lowest BCUT2D eigenvalue weighted by Gasteiger charge is -2.33. The highest BCUT2D eigenvalue weighted by Crippen LogP contribution is 2.44. The maximum Gasteiger partial charge on any atom is 0.341 e. The molecule has 0 aliphatic carbocycles. The van der Waals surface area contributed by atoms with Gasteiger partial charge in [-0.1, -0.05) is 19.9 Å². The maximum atomic E-state index is 15.3. The summed E-state index contributed by atoms with van der Waals surface area (Å²) in [6.45, 7) is 4.87. The molecule has 5 N–H and O–H groups in total. The molecule has 1 aromatic carbocycles. The van der Waals surface area contributed by atoms with Gasteiger partial charge in [0.1, 0.15) is 23.7 Å². The summed E-state index contributed by atoms with van der Waals surface area (Å²) in [7, 11) is 0. The van der Waals surface area contributed by atoms with Crippen LogP contribution in [0.5, 0.6) is 5.75 Å². The first-order valence-corrected chi connectivity index (χ1v) is 10.3. The smallest absolute Gasteiger partial charge is 0.341 e. The zero-order valence-electron chi connectivity index (χ0n) is 17.7. The van der Waals surface area contributed by atoms with Crippen LogP contribution in [0.2, 0.25) is 0 Å². The van der Waals surface area contributed by atoms with E-state index in [2.05, 4.69) is 15.6 Å². The lowest BCUT2D eigenvalue weighted by molar-refractivity contribution is 0.0693. The van der Waals surface area contributed by atoms with Gasteiger partial charge >= 0.3 is 5.97 Å². The van der Waals surface area contributed by atoms with Crippen LogP contribution < -0.4 is 26.5 Å². The van der Waals surface area contributed by atoms with Crippen LogP contribution in [0.1, 0.15) is 30.2 Å². The third-order valence-corrected chi connectivity index (χ3v) is 5.56. The van der Waals surface area contributed by atoms with E-state index in [1.54, 1.807) is 16.8 Å². The first kappa shape index (κ1) is 21.4. The van der Waals surface area contributed by atoms with Gasteiger partial charge in [-0.3, -0.25) is 4.79 Å². The number of carboxylic acid groups (broad SMARTS) is 1. The van der Waals surface area contributed by atoms with Gasteiger partial charge in [0.15, 0.2) is 11.6 Å². The zero-order valence-corrected chi connectivity index (χ0v) is 17.7. The number of rotatable bonds is 7. The van der Waals surface area contributed by atoms with Crippen molar-refractivity contribution in [1.82, 2.24) is 9.55 Å². The minimum atomic E-state index is -1.39. The lowest BCUT2D eigenvalue weighted by Crippen LogP contribution is -2.31. The predicted octanol–water partition coefficient (Wildman–Crippen LogP) is 2.93. The zero-order chi connectivity index (χ0) is 23.0. The SMILES string of the molecule is CC(C)[C@H]1COc2c(NCCNc3ccccn3)c(F)c(N)c3c(=O)c(C(=O)O)cn1c23. The highest BCUT2D eigenvalue weighted by atomic mass is 19.1. The van der Waals surface area contributed by atoms with E-state index < -0.39 is 28.5 Å². The van der Waals surface area contributed by atoms with E-state index in [4.69, 9.17) is 10.5 Å². The number of nitrogen functional groups attached to an aromatic ring is 1. The van der Waals surface area contributed by atoms with Crippen molar-refractivity contribution in [2.45, 2.75) is 19.9 Å². The molecule has 0 fully saturated rings. The average molecular weight is 441 g/mol. The highest BCUT2D eigenvalue weighted by molar-refractivity contribution is 6.03. The third-order valence-electron chi connectivity index (χ3n) is 5.56. The molecule has 2 aromatic heterocycles. The normalized spacial score (nSPS) is 14.9. The molecule has 0 spiro atoms. The van der Waals surface area contributed by atoms with Gasteiger partial charge in [0.2, 0.25) is 5.43 Å². The topological polar surface area (TPSA) is 132 Å². The molecule has 0 saturated heterocycles. The molecule has 0 radical (unpaired) electrons. The second kappa shape index (κ2) is 8.37. The summed E-state index contributed by atoms with van der Waals surface area (Å²) in [6, 6.07) is 5.22. The van der Waals surface area contributed by atoms with Crippen LogP contribution >= 0.6 is 0 Å².